The molecule has 0 aliphatic rings. The molecule has 15 heavy (non-hydrogen) atoms. The van der Waals surface area contributed by atoms with Crippen molar-refractivity contribution < 1.29 is 20.3 Å². The molecule has 0 saturated carbocycles. The minimum absolute atomic E-state index is 1.13. The second-order valence-corrected chi connectivity index (χ2v) is 3.57. The van der Waals surface area contributed by atoms with Crippen molar-refractivity contribution in [1.82, 2.24) is 0 Å². The van der Waals surface area contributed by atoms with Gasteiger partial charge in [-0.1, -0.05) is 26.7 Å². The van der Waals surface area contributed by atoms with Crippen molar-refractivity contribution >= 4 is 5.97 Å². The molecule has 0 saturated heterocycles. The summed E-state index contributed by atoms with van der Waals surface area (Å²) in [6.45, 7) is 8.28. The van der Waals surface area contributed by atoms with Crippen LogP contribution < -0.4 is 10.4 Å². The lowest BCUT2D eigenvalue weighted by Crippen LogP contribution is -2.84. The number of hydrogen-bond acceptors (Lipinski definition) is 3. The number of carboxylic acids is 1. The predicted octanol–water partition coefficient (Wildman–Crippen LogP) is -0.733. The third kappa shape index (κ3) is 19.7. The van der Waals surface area contributed by atoms with E-state index in [2.05, 4.69) is 19.2 Å². The standard InChI is InChI=1S/C8H19N.C3H6O3/c1-3-5-7-9-8-6-4-2;1-2(4)3(5)6/h9H,3-8H2,1-2H3;2,4H,1H3,(H,5,6). The Kier molecular flexibility index (Phi) is 15.0. The SMILES string of the molecule is CC(O)C(=O)[O-].CCCC[NH2+]CCCC. The van der Waals surface area contributed by atoms with Crippen LogP contribution in [0.5, 0.6) is 0 Å². The summed E-state index contributed by atoms with van der Waals surface area (Å²) >= 11 is 0. The van der Waals surface area contributed by atoms with Crippen LogP contribution in [0.3, 0.4) is 0 Å². The third-order valence-electron chi connectivity index (χ3n) is 1.86. The lowest BCUT2D eigenvalue weighted by Gasteiger charge is -2.00. The largest absolute Gasteiger partial charge is 0.547 e. The molecule has 0 aliphatic carbocycles. The van der Waals surface area contributed by atoms with Gasteiger partial charge in [0, 0.05) is 0 Å². The number of carbonyl (C=O) groups excluding carboxylic acids is 1. The number of hydrogen-bond donors (Lipinski definition) is 2. The van der Waals surface area contributed by atoms with Crippen LogP contribution in [0.15, 0.2) is 0 Å². The second kappa shape index (κ2) is 13.4. The van der Waals surface area contributed by atoms with E-state index in [1.165, 1.54) is 38.8 Å². The highest BCUT2D eigenvalue weighted by Gasteiger charge is 1.89. The van der Waals surface area contributed by atoms with Crippen molar-refractivity contribution in [2.24, 2.45) is 0 Å². The zero-order valence-electron chi connectivity index (χ0n) is 10.2. The van der Waals surface area contributed by atoms with Gasteiger partial charge in [0.25, 0.3) is 0 Å². The van der Waals surface area contributed by atoms with Crippen molar-refractivity contribution in [2.45, 2.75) is 52.6 Å². The second-order valence-electron chi connectivity index (χ2n) is 3.57. The maximum atomic E-state index is 9.34. The van der Waals surface area contributed by atoms with E-state index in [0.717, 1.165) is 6.92 Å². The van der Waals surface area contributed by atoms with Crippen molar-refractivity contribution in [2.75, 3.05) is 13.1 Å². The number of quaternary nitrogens is 1. The summed E-state index contributed by atoms with van der Waals surface area (Å²) in [5.74, 6) is -1.44. The molecule has 0 fully saturated rings. The summed E-state index contributed by atoms with van der Waals surface area (Å²) < 4.78 is 0. The number of carboxylic acid groups (broad SMARTS) is 1. The molecule has 0 aromatic carbocycles. The Labute approximate surface area is 92.7 Å². The van der Waals surface area contributed by atoms with Gasteiger partial charge in [-0.2, -0.15) is 0 Å². The molecule has 1 atom stereocenters. The first-order valence-corrected chi connectivity index (χ1v) is 5.76. The van der Waals surface area contributed by atoms with E-state index in [-0.39, 0.29) is 0 Å². The van der Waals surface area contributed by atoms with E-state index in [1.807, 2.05) is 0 Å². The van der Waals surface area contributed by atoms with E-state index in [1.54, 1.807) is 0 Å². The van der Waals surface area contributed by atoms with Crippen LogP contribution in [0.2, 0.25) is 0 Å². The lowest BCUT2D eigenvalue weighted by molar-refractivity contribution is -0.655. The van der Waals surface area contributed by atoms with Gasteiger partial charge >= 0.3 is 0 Å². The van der Waals surface area contributed by atoms with Gasteiger partial charge in [0.15, 0.2) is 0 Å². The van der Waals surface area contributed by atoms with E-state index in [9.17, 15) is 9.90 Å². The Bertz CT molecular complexity index is 132. The summed E-state index contributed by atoms with van der Waals surface area (Å²) in [6, 6.07) is 0. The first kappa shape index (κ1) is 16.8. The predicted molar refractivity (Wildman–Crippen MR) is 58.2 cm³/mol. The van der Waals surface area contributed by atoms with Gasteiger partial charge in [-0.3, -0.25) is 0 Å². The van der Waals surface area contributed by atoms with E-state index in [0.29, 0.717) is 0 Å². The summed E-state index contributed by atoms with van der Waals surface area (Å²) in [4.78, 5) is 9.34. The summed E-state index contributed by atoms with van der Waals surface area (Å²) in [5.41, 5.74) is 0. The topological polar surface area (TPSA) is 77.0 Å². The monoisotopic (exact) mass is 219 g/mol. The number of aliphatic hydroxyl groups excluding tert-OH is 1. The molecule has 0 aromatic heterocycles. The van der Waals surface area contributed by atoms with E-state index in [4.69, 9.17) is 5.11 Å². The molecule has 92 valence electrons. The van der Waals surface area contributed by atoms with Crippen LogP contribution in [0.4, 0.5) is 0 Å². The molecule has 0 radical (unpaired) electrons. The Morgan fingerprint density at radius 3 is 1.80 bits per heavy atom. The molecular formula is C11H25NO3. The Morgan fingerprint density at radius 2 is 1.60 bits per heavy atom. The van der Waals surface area contributed by atoms with Crippen LogP contribution in [-0.2, 0) is 4.79 Å². The maximum absolute atomic E-state index is 9.34. The number of rotatable bonds is 7. The number of carbonyl (C=O) groups is 1. The fourth-order valence-electron chi connectivity index (χ4n) is 0.841. The Balaban J connectivity index is 0. The van der Waals surface area contributed by atoms with Crippen LogP contribution in [0, 0.1) is 0 Å². The fourth-order valence-corrected chi connectivity index (χ4v) is 0.841. The average Bonchev–Trinajstić information content (AvgIpc) is 2.18. The molecule has 0 amide bonds. The minimum Gasteiger partial charge on any atom is -0.547 e. The summed E-state index contributed by atoms with van der Waals surface area (Å²) in [5, 5.41) is 19.7. The first-order valence-electron chi connectivity index (χ1n) is 5.76. The highest BCUT2D eigenvalue weighted by Crippen LogP contribution is 1.80. The smallest absolute Gasteiger partial charge is 0.0905 e. The highest BCUT2D eigenvalue weighted by molar-refractivity contribution is 5.68. The molecule has 4 nitrogen and oxygen atoms in total. The molecule has 1 unspecified atom stereocenters. The Hall–Kier alpha value is -0.610. The van der Waals surface area contributed by atoms with Gasteiger partial charge < -0.3 is 20.3 Å². The number of nitrogens with two attached hydrogens (primary N) is 1. The molecule has 0 aliphatic heterocycles. The van der Waals surface area contributed by atoms with Crippen molar-refractivity contribution in [3.63, 3.8) is 0 Å². The number of unbranched alkanes of at least 4 members (excludes halogenated alkanes) is 2. The average molecular weight is 219 g/mol. The molecular weight excluding hydrogens is 194 g/mol. The van der Waals surface area contributed by atoms with Crippen LogP contribution >= 0.6 is 0 Å². The van der Waals surface area contributed by atoms with Crippen LogP contribution in [0.25, 0.3) is 0 Å². The van der Waals surface area contributed by atoms with Crippen molar-refractivity contribution in [3.8, 4) is 0 Å². The molecule has 0 aromatic rings. The van der Waals surface area contributed by atoms with Crippen molar-refractivity contribution in [1.29, 1.82) is 0 Å². The summed E-state index contributed by atoms with van der Waals surface area (Å²) in [7, 11) is 0. The molecule has 3 N–H and O–H groups in total. The highest BCUT2D eigenvalue weighted by atomic mass is 16.4. The number of aliphatic hydroxyl groups is 1. The molecule has 0 rings (SSSR count). The number of aliphatic carboxylic acids is 1. The summed E-state index contributed by atoms with van der Waals surface area (Å²) in [6.07, 6.45) is 4.09. The Morgan fingerprint density at radius 1 is 1.27 bits per heavy atom. The minimum atomic E-state index is -1.44. The first-order chi connectivity index (χ1) is 7.06. The van der Waals surface area contributed by atoms with Crippen molar-refractivity contribution in [3.05, 3.63) is 0 Å². The quantitative estimate of drug-likeness (QED) is 0.554. The van der Waals surface area contributed by atoms with Crippen LogP contribution in [-0.4, -0.2) is 30.3 Å². The molecule has 0 spiro atoms. The molecule has 4 heteroatoms. The van der Waals surface area contributed by atoms with Gasteiger partial charge in [-0.15, -0.1) is 0 Å². The molecule has 0 bridgehead atoms. The van der Waals surface area contributed by atoms with Gasteiger partial charge in [0.05, 0.1) is 25.2 Å². The zero-order chi connectivity index (χ0) is 12.1. The van der Waals surface area contributed by atoms with Gasteiger partial charge in [-0.25, -0.2) is 0 Å². The lowest BCUT2D eigenvalue weighted by atomic mass is 10.3. The maximum Gasteiger partial charge on any atom is 0.0905 e. The van der Waals surface area contributed by atoms with Gasteiger partial charge in [0.2, 0.25) is 0 Å². The normalized spacial score (nSPS) is 11.5. The zero-order valence-corrected chi connectivity index (χ0v) is 10.2. The van der Waals surface area contributed by atoms with Crippen LogP contribution in [0.1, 0.15) is 46.5 Å². The molecule has 0 heterocycles. The third-order valence-corrected chi connectivity index (χ3v) is 1.86. The van der Waals surface area contributed by atoms with Gasteiger partial charge in [0.1, 0.15) is 0 Å². The fraction of sp³-hybridized carbons (Fsp3) is 0.909. The van der Waals surface area contributed by atoms with Gasteiger partial charge in [-0.05, 0) is 19.8 Å². The van der Waals surface area contributed by atoms with E-state index < -0.39 is 12.1 Å². The van der Waals surface area contributed by atoms with E-state index >= 15 is 0 Å².